The van der Waals surface area contributed by atoms with Gasteiger partial charge in [0.05, 0.1) is 6.20 Å². The van der Waals surface area contributed by atoms with Crippen molar-refractivity contribution >= 4 is 15.9 Å². The second-order valence-electron chi connectivity index (χ2n) is 3.26. The second-order valence-corrected chi connectivity index (χ2v) is 4.17. The highest BCUT2D eigenvalue weighted by Gasteiger charge is 2.03. The van der Waals surface area contributed by atoms with Crippen LogP contribution >= 0.6 is 15.9 Å². The molecule has 0 bridgehead atoms. The normalized spacial score (nSPS) is 10.5. The number of pyridine rings is 1. The quantitative estimate of drug-likeness (QED) is 0.781. The van der Waals surface area contributed by atoms with Gasteiger partial charge in [0.1, 0.15) is 0 Å². The van der Waals surface area contributed by atoms with Crippen LogP contribution in [0.2, 0.25) is 0 Å². The van der Waals surface area contributed by atoms with Gasteiger partial charge in [-0.1, -0.05) is 0 Å². The van der Waals surface area contributed by atoms with E-state index in [4.69, 9.17) is 0 Å². The average molecular weight is 252 g/mol. The Morgan fingerprint density at radius 2 is 2.07 bits per heavy atom. The number of halogens is 1. The van der Waals surface area contributed by atoms with E-state index in [9.17, 15) is 0 Å². The summed E-state index contributed by atoms with van der Waals surface area (Å²) in [6, 6.07) is 2.03. The minimum absolute atomic E-state index is 0.876. The molecule has 0 fully saturated rings. The predicted molar refractivity (Wildman–Crippen MR) is 58.5 cm³/mol. The van der Waals surface area contributed by atoms with Gasteiger partial charge in [0, 0.05) is 16.9 Å². The number of nitrogens with zero attached hydrogens (tertiary/aromatic N) is 3. The summed E-state index contributed by atoms with van der Waals surface area (Å²) in [6.45, 7) is 4.03. The lowest BCUT2D eigenvalue weighted by molar-refractivity contribution is 0.836. The standard InChI is InChI=1S/C10H10BrN3/c1-7-4-13-14(6-7)10-8(2)3-9(11)5-12-10/h3-6H,1-2H3. The molecule has 14 heavy (non-hydrogen) atoms. The first-order valence-corrected chi connectivity index (χ1v) is 5.10. The Morgan fingerprint density at radius 3 is 2.64 bits per heavy atom. The molecule has 0 aliphatic heterocycles. The summed E-state index contributed by atoms with van der Waals surface area (Å²) in [5, 5.41) is 4.22. The second kappa shape index (κ2) is 3.53. The highest BCUT2D eigenvalue weighted by molar-refractivity contribution is 9.10. The SMILES string of the molecule is Cc1cnn(-c2ncc(Br)cc2C)c1. The van der Waals surface area contributed by atoms with Crippen molar-refractivity contribution < 1.29 is 0 Å². The molecule has 0 amide bonds. The Bertz CT molecular complexity index is 462. The fourth-order valence-electron chi connectivity index (χ4n) is 1.30. The number of rotatable bonds is 1. The molecule has 0 radical (unpaired) electrons. The molecule has 2 aromatic rings. The third kappa shape index (κ3) is 1.70. The summed E-state index contributed by atoms with van der Waals surface area (Å²) in [7, 11) is 0. The maximum Gasteiger partial charge on any atom is 0.156 e. The van der Waals surface area contributed by atoms with E-state index >= 15 is 0 Å². The topological polar surface area (TPSA) is 30.7 Å². The molecule has 0 saturated heterocycles. The van der Waals surface area contributed by atoms with E-state index in [0.29, 0.717) is 0 Å². The zero-order valence-corrected chi connectivity index (χ0v) is 9.62. The van der Waals surface area contributed by atoms with E-state index in [-0.39, 0.29) is 0 Å². The fourth-order valence-corrected chi connectivity index (χ4v) is 1.75. The maximum absolute atomic E-state index is 4.31. The van der Waals surface area contributed by atoms with Crippen molar-refractivity contribution in [1.82, 2.24) is 14.8 Å². The van der Waals surface area contributed by atoms with Crippen LogP contribution < -0.4 is 0 Å². The molecule has 0 spiro atoms. The minimum Gasteiger partial charge on any atom is -0.236 e. The van der Waals surface area contributed by atoms with Crippen molar-refractivity contribution in [3.05, 3.63) is 40.3 Å². The first-order chi connectivity index (χ1) is 6.66. The van der Waals surface area contributed by atoms with Crippen molar-refractivity contribution in [2.75, 3.05) is 0 Å². The molecule has 0 N–H and O–H groups in total. The summed E-state index contributed by atoms with van der Waals surface area (Å²) >= 11 is 3.38. The summed E-state index contributed by atoms with van der Waals surface area (Å²) < 4.78 is 2.78. The zero-order chi connectivity index (χ0) is 10.1. The van der Waals surface area contributed by atoms with Crippen LogP contribution in [-0.4, -0.2) is 14.8 Å². The summed E-state index contributed by atoms with van der Waals surface area (Å²) in [5.74, 6) is 0.876. The first-order valence-electron chi connectivity index (χ1n) is 4.30. The monoisotopic (exact) mass is 251 g/mol. The Labute approximate surface area is 90.9 Å². The molecule has 2 heterocycles. The lowest BCUT2D eigenvalue weighted by Crippen LogP contribution is -2.00. The molecule has 0 aliphatic carbocycles. The highest BCUT2D eigenvalue weighted by Crippen LogP contribution is 2.15. The van der Waals surface area contributed by atoms with Gasteiger partial charge in [0.15, 0.2) is 5.82 Å². The van der Waals surface area contributed by atoms with E-state index in [1.54, 1.807) is 10.9 Å². The van der Waals surface area contributed by atoms with E-state index in [0.717, 1.165) is 21.4 Å². The molecular weight excluding hydrogens is 242 g/mol. The van der Waals surface area contributed by atoms with Gasteiger partial charge < -0.3 is 0 Å². The number of aryl methyl sites for hydroxylation is 2. The average Bonchev–Trinajstić information content (AvgIpc) is 2.51. The molecule has 0 aliphatic rings. The van der Waals surface area contributed by atoms with Gasteiger partial charge in [0.2, 0.25) is 0 Å². The first kappa shape index (κ1) is 9.40. The van der Waals surface area contributed by atoms with Crippen LogP contribution in [0.5, 0.6) is 0 Å². The smallest absolute Gasteiger partial charge is 0.156 e. The zero-order valence-electron chi connectivity index (χ0n) is 8.03. The predicted octanol–water partition coefficient (Wildman–Crippen LogP) is 2.65. The van der Waals surface area contributed by atoms with Crippen LogP contribution in [0.3, 0.4) is 0 Å². The molecule has 2 aromatic heterocycles. The van der Waals surface area contributed by atoms with Crippen molar-refractivity contribution in [3.63, 3.8) is 0 Å². The lowest BCUT2D eigenvalue weighted by atomic mass is 10.3. The number of aromatic nitrogens is 3. The van der Waals surface area contributed by atoms with Crippen molar-refractivity contribution in [2.24, 2.45) is 0 Å². The fraction of sp³-hybridized carbons (Fsp3) is 0.200. The Morgan fingerprint density at radius 1 is 1.29 bits per heavy atom. The summed E-state index contributed by atoms with van der Waals surface area (Å²) in [4.78, 5) is 4.31. The third-order valence-corrected chi connectivity index (χ3v) is 2.38. The molecule has 4 heteroatoms. The molecule has 2 rings (SSSR count). The minimum atomic E-state index is 0.876. The van der Waals surface area contributed by atoms with Crippen LogP contribution in [0.25, 0.3) is 5.82 Å². The maximum atomic E-state index is 4.31. The van der Waals surface area contributed by atoms with Crippen LogP contribution in [0.1, 0.15) is 11.1 Å². The van der Waals surface area contributed by atoms with Gasteiger partial charge in [-0.25, -0.2) is 9.67 Å². The molecule has 0 aromatic carbocycles. The van der Waals surface area contributed by atoms with E-state index in [1.807, 2.05) is 32.3 Å². The molecule has 72 valence electrons. The van der Waals surface area contributed by atoms with Gasteiger partial charge >= 0.3 is 0 Å². The molecule has 0 atom stereocenters. The van der Waals surface area contributed by atoms with E-state index in [2.05, 4.69) is 26.0 Å². The van der Waals surface area contributed by atoms with Gasteiger partial charge in [0.25, 0.3) is 0 Å². The van der Waals surface area contributed by atoms with Crippen LogP contribution in [-0.2, 0) is 0 Å². The number of hydrogen-bond donors (Lipinski definition) is 0. The summed E-state index contributed by atoms with van der Waals surface area (Å²) in [6.07, 6.45) is 5.56. The molecular formula is C10H10BrN3. The van der Waals surface area contributed by atoms with Crippen LogP contribution in [0.15, 0.2) is 29.1 Å². The lowest BCUT2D eigenvalue weighted by Gasteiger charge is -2.04. The Balaban J connectivity index is 2.52. The van der Waals surface area contributed by atoms with Gasteiger partial charge in [-0.05, 0) is 47.0 Å². The van der Waals surface area contributed by atoms with Crippen LogP contribution in [0, 0.1) is 13.8 Å². The molecule has 0 saturated carbocycles. The third-order valence-electron chi connectivity index (χ3n) is 1.95. The summed E-state index contributed by atoms with van der Waals surface area (Å²) in [5.41, 5.74) is 2.23. The largest absolute Gasteiger partial charge is 0.236 e. The van der Waals surface area contributed by atoms with Gasteiger partial charge in [-0.15, -0.1) is 0 Å². The van der Waals surface area contributed by atoms with Crippen molar-refractivity contribution in [1.29, 1.82) is 0 Å². The number of hydrogen-bond acceptors (Lipinski definition) is 2. The van der Waals surface area contributed by atoms with Gasteiger partial charge in [-0.2, -0.15) is 5.10 Å². The highest BCUT2D eigenvalue weighted by atomic mass is 79.9. The van der Waals surface area contributed by atoms with E-state index < -0.39 is 0 Å². The Hall–Kier alpha value is -1.16. The van der Waals surface area contributed by atoms with Crippen molar-refractivity contribution in [2.45, 2.75) is 13.8 Å². The van der Waals surface area contributed by atoms with E-state index in [1.165, 1.54) is 0 Å². The Kier molecular flexibility index (Phi) is 2.37. The molecule has 0 unspecified atom stereocenters. The van der Waals surface area contributed by atoms with Crippen molar-refractivity contribution in [3.8, 4) is 5.82 Å². The van der Waals surface area contributed by atoms with Gasteiger partial charge in [-0.3, -0.25) is 0 Å². The molecule has 3 nitrogen and oxygen atoms in total. The van der Waals surface area contributed by atoms with Crippen LogP contribution in [0.4, 0.5) is 0 Å².